The van der Waals surface area contributed by atoms with E-state index >= 15 is 0 Å². The molecule has 11 nitrogen and oxygen atoms in total. The first-order chi connectivity index (χ1) is 30.4. The number of thioether (sulfide) groups is 2. The van der Waals surface area contributed by atoms with Crippen LogP contribution in [0.25, 0.3) is 38.1 Å². The Morgan fingerprint density at radius 1 is 0.641 bits per heavy atom. The second kappa shape index (κ2) is 19.9. The van der Waals surface area contributed by atoms with Crippen molar-refractivity contribution >= 4 is 87.7 Å². The van der Waals surface area contributed by atoms with Crippen LogP contribution in [-0.2, 0) is 35.1 Å². The molecule has 0 atom stereocenters. The molecule has 1 aromatic heterocycles. The quantitative estimate of drug-likeness (QED) is 0.0606. The summed E-state index contributed by atoms with van der Waals surface area (Å²) in [6.45, 7) is 0. The highest BCUT2D eigenvalue weighted by Gasteiger charge is 2.22. The van der Waals surface area contributed by atoms with Crippen LogP contribution in [0, 0.1) is 0 Å². The van der Waals surface area contributed by atoms with Gasteiger partial charge in [-0.15, -0.1) is 11.8 Å². The highest BCUT2D eigenvalue weighted by molar-refractivity contribution is 8.12. The molecule has 2 heterocycles. The van der Waals surface area contributed by atoms with Crippen molar-refractivity contribution in [3.8, 4) is 21.6 Å². The standard InChI is InChI=1S/C47H38O11S6/c48-46(49)25-26-59-47-35(9-17-39-27-37(29-44(60-39)33-5-2-1-3-6-33)31-11-19-41(20-12-31)62(50,51)52)7-4-8-36(47)10-18-40-28-38(32-13-21-42(22-14-32)63(53,54)55)30-45(61-40)34-15-23-43(24-16-34)64(56,57)58/h1-3,5-6,9-24,27-30H,4,7-8,25-26H2,(H3-,48,49,50,51,52,53,54,55,56,57,58)/p+1. The molecule has 1 aliphatic heterocycles. The third kappa shape index (κ3) is 12.1. The van der Waals surface area contributed by atoms with Gasteiger partial charge in [0.05, 0.1) is 21.1 Å². The van der Waals surface area contributed by atoms with E-state index in [1.807, 2.05) is 72.8 Å². The van der Waals surface area contributed by atoms with Crippen LogP contribution in [0.3, 0.4) is 0 Å². The van der Waals surface area contributed by atoms with Crippen molar-refractivity contribution in [2.45, 2.75) is 40.4 Å². The Labute approximate surface area is 384 Å². The van der Waals surface area contributed by atoms with Gasteiger partial charge in [-0.1, -0.05) is 78.5 Å². The monoisotopic (exact) mass is 971 g/mol. The van der Waals surface area contributed by atoms with E-state index in [0.29, 0.717) is 22.5 Å². The topological polar surface area (TPSA) is 200 Å². The smallest absolute Gasteiger partial charge is 0.304 e. The average molecular weight is 972 g/mol. The summed E-state index contributed by atoms with van der Waals surface area (Å²) in [6.07, 6.45) is 14.2. The molecule has 0 fully saturated rings. The Kier molecular flexibility index (Phi) is 14.5. The third-order valence-electron chi connectivity index (χ3n) is 10.0. The molecule has 17 heteroatoms. The number of hydrogen-bond donors (Lipinski definition) is 4. The van der Waals surface area contributed by atoms with Gasteiger partial charge >= 0.3 is 5.97 Å². The normalized spacial score (nSPS) is 16.3. The van der Waals surface area contributed by atoms with Gasteiger partial charge in [-0.05, 0) is 125 Å². The van der Waals surface area contributed by atoms with Crippen molar-refractivity contribution in [2.24, 2.45) is 0 Å². The zero-order valence-electron chi connectivity index (χ0n) is 33.6. The zero-order valence-corrected chi connectivity index (χ0v) is 38.5. The van der Waals surface area contributed by atoms with E-state index in [1.165, 1.54) is 59.9 Å². The number of rotatable bonds is 14. The molecular formula is C47H39O11S6+. The summed E-state index contributed by atoms with van der Waals surface area (Å²) in [5.74, 6) is -0.563. The fourth-order valence-corrected chi connectivity index (χ4v) is 11.5. The number of carbonyl (C=O) groups is 1. The van der Waals surface area contributed by atoms with Gasteiger partial charge in [0.25, 0.3) is 30.4 Å². The van der Waals surface area contributed by atoms with E-state index in [9.17, 15) is 48.8 Å². The molecule has 1 aliphatic carbocycles. The maximum absolute atomic E-state index is 11.8. The molecule has 7 rings (SSSR count). The fraction of sp³-hybridized carbons (Fsp3) is 0.106. The van der Waals surface area contributed by atoms with Crippen molar-refractivity contribution in [3.05, 3.63) is 183 Å². The number of carboxylic acid groups (broad SMARTS) is 1. The summed E-state index contributed by atoms with van der Waals surface area (Å²) >= 11 is 4.48. The Morgan fingerprint density at radius 2 is 1.22 bits per heavy atom. The van der Waals surface area contributed by atoms with Gasteiger partial charge in [-0.25, -0.2) is 0 Å². The highest BCUT2D eigenvalue weighted by atomic mass is 32.2. The molecule has 5 aromatic rings. The Bertz CT molecular complexity index is 3130. The van der Waals surface area contributed by atoms with Crippen LogP contribution < -0.4 is 0 Å². The molecule has 0 radical (unpaired) electrons. The molecule has 4 aromatic carbocycles. The summed E-state index contributed by atoms with van der Waals surface area (Å²) in [7, 11) is -13.2. The lowest BCUT2D eigenvalue weighted by atomic mass is 9.94. The first kappa shape index (κ1) is 46.8. The Morgan fingerprint density at radius 3 is 1.80 bits per heavy atom. The number of allylic oxidation sites excluding steroid dienone is 8. The summed E-state index contributed by atoms with van der Waals surface area (Å²) in [4.78, 5) is 15.3. The fourth-order valence-electron chi connectivity index (χ4n) is 6.87. The molecular weight excluding hydrogens is 933 g/mol. The van der Waals surface area contributed by atoms with E-state index < -0.39 is 36.3 Å². The zero-order chi connectivity index (χ0) is 45.6. The maximum atomic E-state index is 11.8. The summed E-state index contributed by atoms with van der Waals surface area (Å²) in [5.41, 5.74) is 6.68. The van der Waals surface area contributed by atoms with Gasteiger partial charge < -0.3 is 5.11 Å². The molecule has 64 heavy (non-hydrogen) atoms. The van der Waals surface area contributed by atoms with Gasteiger partial charge in [0.2, 0.25) is 21.1 Å². The highest BCUT2D eigenvalue weighted by Crippen LogP contribution is 2.44. The molecule has 0 bridgehead atoms. The lowest BCUT2D eigenvalue weighted by molar-refractivity contribution is -0.136. The molecule has 4 N–H and O–H groups in total. The minimum atomic E-state index is -4.42. The number of carboxylic acids is 1. The van der Waals surface area contributed by atoms with Crippen LogP contribution in [0.15, 0.2) is 181 Å². The lowest BCUT2D eigenvalue weighted by Crippen LogP contribution is -2.03. The van der Waals surface area contributed by atoms with Gasteiger partial charge in [-0.3, -0.25) is 18.5 Å². The summed E-state index contributed by atoms with van der Waals surface area (Å²) in [5, 5.41) is 9.54. The van der Waals surface area contributed by atoms with E-state index in [1.54, 1.807) is 47.7 Å². The Hall–Kier alpha value is -5.21. The van der Waals surface area contributed by atoms with Crippen LogP contribution in [0.2, 0.25) is 0 Å². The first-order valence-corrected chi connectivity index (χ1v) is 26.4. The Balaban J connectivity index is 1.27. The predicted molar refractivity (Wildman–Crippen MR) is 256 cm³/mol. The SMILES string of the molecule is O=C(O)CCSC1=C(/C=C/c2cc(-c3ccc(S(=O)(=O)O)cc3)cc(-c3ccccc3)[s+]2)CCC/C1=C\C=C1/C=C(c2ccc(S(=O)(=O)O)cc2)C=C(c2ccc(S(=O)(=O)O)cc2)S1. The van der Waals surface area contributed by atoms with E-state index in [0.717, 1.165) is 71.6 Å². The second-order valence-electron chi connectivity index (χ2n) is 14.5. The lowest BCUT2D eigenvalue weighted by Gasteiger charge is -2.21. The van der Waals surface area contributed by atoms with Gasteiger partial charge in [0.15, 0.2) is 0 Å². The molecule has 0 amide bonds. The molecule has 0 saturated heterocycles. The van der Waals surface area contributed by atoms with Crippen LogP contribution in [0.4, 0.5) is 0 Å². The minimum absolute atomic E-state index is 0.0384. The minimum Gasteiger partial charge on any atom is -0.481 e. The van der Waals surface area contributed by atoms with E-state index in [2.05, 4.69) is 6.08 Å². The number of hydrogen-bond acceptors (Lipinski definition) is 9. The summed E-state index contributed by atoms with van der Waals surface area (Å²) < 4.78 is 99.2. The van der Waals surface area contributed by atoms with Crippen molar-refractivity contribution < 1.29 is 48.8 Å². The summed E-state index contributed by atoms with van der Waals surface area (Å²) in [6, 6.07) is 31.5. The van der Waals surface area contributed by atoms with E-state index in [4.69, 9.17) is 0 Å². The number of aliphatic carboxylic acids is 1. The van der Waals surface area contributed by atoms with Gasteiger partial charge in [0.1, 0.15) is 0 Å². The van der Waals surface area contributed by atoms with Crippen molar-refractivity contribution in [2.75, 3.05) is 5.75 Å². The van der Waals surface area contributed by atoms with Crippen LogP contribution >= 0.6 is 34.9 Å². The van der Waals surface area contributed by atoms with Crippen LogP contribution in [0.1, 0.15) is 41.7 Å². The van der Waals surface area contributed by atoms with Crippen LogP contribution in [0.5, 0.6) is 0 Å². The second-order valence-corrected chi connectivity index (χ2v) is 22.1. The van der Waals surface area contributed by atoms with E-state index in [-0.39, 0.29) is 21.1 Å². The molecule has 0 unspecified atom stereocenters. The first-order valence-electron chi connectivity index (χ1n) is 19.5. The van der Waals surface area contributed by atoms with Gasteiger partial charge in [0, 0.05) is 44.2 Å². The predicted octanol–water partition coefficient (Wildman–Crippen LogP) is 11.4. The van der Waals surface area contributed by atoms with Crippen molar-refractivity contribution in [1.29, 1.82) is 0 Å². The number of benzene rings is 4. The average Bonchev–Trinajstić information content (AvgIpc) is 3.27. The van der Waals surface area contributed by atoms with Crippen LogP contribution in [-0.4, -0.2) is 55.7 Å². The largest absolute Gasteiger partial charge is 0.481 e. The molecule has 0 spiro atoms. The third-order valence-corrected chi connectivity index (χ3v) is 16.0. The molecule has 0 saturated carbocycles. The molecule has 2 aliphatic rings. The molecule has 328 valence electrons. The van der Waals surface area contributed by atoms with Gasteiger partial charge in [-0.2, -0.15) is 25.3 Å². The van der Waals surface area contributed by atoms with Crippen molar-refractivity contribution in [1.82, 2.24) is 0 Å². The van der Waals surface area contributed by atoms with Crippen molar-refractivity contribution in [3.63, 3.8) is 0 Å². The maximum Gasteiger partial charge on any atom is 0.304 e.